The van der Waals surface area contributed by atoms with E-state index in [0.717, 1.165) is 24.3 Å². The fourth-order valence-corrected chi connectivity index (χ4v) is 5.04. The van der Waals surface area contributed by atoms with Gasteiger partial charge < -0.3 is 14.5 Å². The fraction of sp³-hybridized carbons (Fsp3) is 0.310. The number of carbonyl (C=O) groups is 2. The summed E-state index contributed by atoms with van der Waals surface area (Å²) in [5, 5.41) is 0. The highest BCUT2D eigenvalue weighted by Crippen LogP contribution is 2.33. The van der Waals surface area contributed by atoms with E-state index in [-0.39, 0.29) is 24.5 Å². The van der Waals surface area contributed by atoms with Gasteiger partial charge in [-0.15, -0.1) is 0 Å². The van der Waals surface area contributed by atoms with Gasteiger partial charge in [0.2, 0.25) is 5.91 Å². The molecule has 0 unspecified atom stereocenters. The number of carbonyl (C=O) groups excluding carboxylic acids is 2. The molecule has 6 heteroatoms. The Balaban J connectivity index is 1.22. The molecule has 180 valence electrons. The van der Waals surface area contributed by atoms with Gasteiger partial charge in [0.1, 0.15) is 5.75 Å². The highest BCUT2D eigenvalue weighted by molar-refractivity contribution is 5.98. The van der Waals surface area contributed by atoms with Crippen LogP contribution in [-0.4, -0.2) is 60.9 Å². The first-order chi connectivity index (χ1) is 17.1. The topological polar surface area (TPSA) is 53.1 Å². The lowest BCUT2D eigenvalue weighted by Crippen LogP contribution is -2.50. The molecule has 0 N–H and O–H groups in total. The van der Waals surface area contributed by atoms with Crippen molar-refractivity contribution in [2.75, 3.05) is 44.2 Å². The van der Waals surface area contributed by atoms with Gasteiger partial charge in [-0.3, -0.25) is 14.5 Å². The van der Waals surface area contributed by atoms with E-state index in [1.807, 2.05) is 42.2 Å². The molecule has 2 amide bonds. The zero-order chi connectivity index (χ0) is 24.2. The molecular formula is C29H31N3O3. The normalized spacial score (nSPS) is 16.2. The molecule has 2 aliphatic rings. The van der Waals surface area contributed by atoms with E-state index in [9.17, 15) is 9.59 Å². The van der Waals surface area contributed by atoms with Gasteiger partial charge in [0.25, 0.3) is 5.91 Å². The van der Waals surface area contributed by atoms with Crippen molar-refractivity contribution in [3.05, 3.63) is 95.6 Å². The summed E-state index contributed by atoms with van der Waals surface area (Å²) in [6.45, 7) is 5.35. The third kappa shape index (κ3) is 5.08. The van der Waals surface area contributed by atoms with Crippen LogP contribution in [0.15, 0.2) is 78.9 Å². The van der Waals surface area contributed by atoms with Crippen LogP contribution >= 0.6 is 0 Å². The highest BCUT2D eigenvalue weighted by Gasteiger charge is 2.30. The van der Waals surface area contributed by atoms with E-state index >= 15 is 0 Å². The van der Waals surface area contributed by atoms with E-state index < -0.39 is 0 Å². The first-order valence-electron chi connectivity index (χ1n) is 12.3. The summed E-state index contributed by atoms with van der Waals surface area (Å²) >= 11 is 0. The maximum Gasteiger partial charge on any atom is 0.265 e. The summed E-state index contributed by atoms with van der Waals surface area (Å²) in [7, 11) is 0. The molecule has 5 rings (SSSR count). The SMILES string of the molecule is Cc1ccc2c(c1)OCC(=O)N2CCC(=O)N1CCN(C(c2ccccc2)c2ccccc2)CC1. The summed E-state index contributed by atoms with van der Waals surface area (Å²) in [5.41, 5.74) is 4.35. The number of ether oxygens (including phenoxy) is 1. The number of benzene rings is 3. The third-order valence-corrected chi connectivity index (χ3v) is 6.87. The standard InChI is InChI=1S/C29H31N3O3/c1-22-12-13-25-26(20-22)35-21-28(34)32(25)15-14-27(33)30-16-18-31(19-17-30)29(23-8-4-2-5-9-23)24-10-6-3-7-11-24/h2-13,20,29H,14-19,21H2,1H3. The van der Waals surface area contributed by atoms with Crippen molar-refractivity contribution in [3.8, 4) is 5.75 Å². The van der Waals surface area contributed by atoms with E-state index in [1.54, 1.807) is 4.90 Å². The van der Waals surface area contributed by atoms with Crippen molar-refractivity contribution < 1.29 is 14.3 Å². The van der Waals surface area contributed by atoms with Crippen molar-refractivity contribution in [1.82, 2.24) is 9.80 Å². The van der Waals surface area contributed by atoms with Gasteiger partial charge in [0.15, 0.2) is 6.61 Å². The Labute approximate surface area is 206 Å². The van der Waals surface area contributed by atoms with Gasteiger partial charge in [-0.2, -0.15) is 0 Å². The summed E-state index contributed by atoms with van der Waals surface area (Å²) in [5.74, 6) is 0.694. The molecule has 35 heavy (non-hydrogen) atoms. The van der Waals surface area contributed by atoms with Crippen molar-refractivity contribution >= 4 is 17.5 Å². The van der Waals surface area contributed by atoms with Gasteiger partial charge in [-0.05, 0) is 35.7 Å². The number of anilines is 1. The largest absolute Gasteiger partial charge is 0.482 e. The van der Waals surface area contributed by atoms with E-state index in [1.165, 1.54) is 11.1 Å². The zero-order valence-corrected chi connectivity index (χ0v) is 20.1. The predicted octanol–water partition coefficient (Wildman–Crippen LogP) is 4.04. The summed E-state index contributed by atoms with van der Waals surface area (Å²) in [4.78, 5) is 31.6. The third-order valence-electron chi connectivity index (χ3n) is 6.87. The molecule has 0 radical (unpaired) electrons. The van der Waals surface area contributed by atoms with Crippen LogP contribution in [0.2, 0.25) is 0 Å². The molecule has 1 saturated heterocycles. The van der Waals surface area contributed by atoms with Crippen LogP contribution in [0.1, 0.15) is 29.2 Å². The predicted molar refractivity (Wildman–Crippen MR) is 137 cm³/mol. The van der Waals surface area contributed by atoms with Crippen molar-refractivity contribution in [2.24, 2.45) is 0 Å². The van der Waals surface area contributed by atoms with Crippen molar-refractivity contribution in [2.45, 2.75) is 19.4 Å². The maximum absolute atomic E-state index is 13.1. The lowest BCUT2D eigenvalue weighted by atomic mass is 9.96. The van der Waals surface area contributed by atoms with Crippen molar-refractivity contribution in [1.29, 1.82) is 0 Å². The maximum atomic E-state index is 13.1. The molecule has 0 aromatic heterocycles. The molecule has 0 bridgehead atoms. The second-order valence-corrected chi connectivity index (χ2v) is 9.20. The van der Waals surface area contributed by atoms with Gasteiger partial charge in [0, 0.05) is 39.1 Å². The Kier molecular flexibility index (Phi) is 6.82. The minimum atomic E-state index is -0.104. The van der Waals surface area contributed by atoms with Gasteiger partial charge in [0.05, 0.1) is 11.7 Å². The molecule has 3 aromatic rings. The molecule has 0 saturated carbocycles. The smallest absolute Gasteiger partial charge is 0.265 e. The number of piperazine rings is 1. The summed E-state index contributed by atoms with van der Waals surface area (Å²) in [6.07, 6.45) is 0.305. The first-order valence-corrected chi connectivity index (χ1v) is 12.3. The van der Waals surface area contributed by atoms with Crippen LogP contribution in [0.25, 0.3) is 0 Å². The Morgan fingerprint density at radius 2 is 1.51 bits per heavy atom. The Morgan fingerprint density at radius 3 is 2.14 bits per heavy atom. The number of amides is 2. The van der Waals surface area contributed by atoms with Crippen molar-refractivity contribution in [3.63, 3.8) is 0 Å². The van der Waals surface area contributed by atoms with E-state index in [0.29, 0.717) is 31.8 Å². The van der Waals surface area contributed by atoms with Crippen LogP contribution in [0, 0.1) is 6.92 Å². The Hall–Kier alpha value is -3.64. The average molecular weight is 470 g/mol. The lowest BCUT2D eigenvalue weighted by molar-refractivity contribution is -0.133. The van der Waals surface area contributed by atoms with Crippen LogP contribution in [0.5, 0.6) is 5.75 Å². The minimum absolute atomic E-state index is 0.0175. The van der Waals surface area contributed by atoms with E-state index in [4.69, 9.17) is 4.74 Å². The highest BCUT2D eigenvalue weighted by atomic mass is 16.5. The number of hydrogen-bond donors (Lipinski definition) is 0. The van der Waals surface area contributed by atoms with Crippen LogP contribution in [0.3, 0.4) is 0 Å². The number of hydrogen-bond acceptors (Lipinski definition) is 4. The molecule has 0 spiro atoms. The Morgan fingerprint density at radius 1 is 0.886 bits per heavy atom. The van der Waals surface area contributed by atoms with Crippen LogP contribution in [0.4, 0.5) is 5.69 Å². The van der Waals surface area contributed by atoms with Crippen LogP contribution < -0.4 is 9.64 Å². The molecule has 2 heterocycles. The molecule has 0 atom stereocenters. The Bertz CT molecular complexity index is 1130. The lowest BCUT2D eigenvalue weighted by Gasteiger charge is -2.40. The zero-order valence-electron chi connectivity index (χ0n) is 20.1. The molecule has 6 nitrogen and oxygen atoms in total. The van der Waals surface area contributed by atoms with Gasteiger partial charge in [-0.1, -0.05) is 66.7 Å². The second-order valence-electron chi connectivity index (χ2n) is 9.20. The van der Waals surface area contributed by atoms with Gasteiger partial charge in [-0.25, -0.2) is 0 Å². The fourth-order valence-electron chi connectivity index (χ4n) is 5.04. The molecule has 0 aliphatic carbocycles. The molecule has 2 aliphatic heterocycles. The summed E-state index contributed by atoms with van der Waals surface area (Å²) in [6, 6.07) is 27.1. The van der Waals surface area contributed by atoms with Crippen LogP contribution in [-0.2, 0) is 9.59 Å². The second kappa shape index (κ2) is 10.3. The number of fused-ring (bicyclic) bond motifs is 1. The number of rotatable bonds is 6. The quantitative estimate of drug-likeness (QED) is 0.547. The summed E-state index contributed by atoms with van der Waals surface area (Å²) < 4.78 is 5.58. The molecule has 3 aromatic carbocycles. The van der Waals surface area contributed by atoms with E-state index in [2.05, 4.69) is 53.4 Å². The monoisotopic (exact) mass is 469 g/mol. The molecule has 1 fully saturated rings. The first kappa shape index (κ1) is 23.1. The number of aryl methyl sites for hydroxylation is 1. The minimum Gasteiger partial charge on any atom is -0.482 e. The average Bonchev–Trinajstić information content (AvgIpc) is 2.90. The van der Waals surface area contributed by atoms with Gasteiger partial charge >= 0.3 is 0 Å². The molecular weight excluding hydrogens is 438 g/mol. The number of nitrogens with zero attached hydrogens (tertiary/aromatic N) is 3.